The Hall–Kier alpha value is -0.640. The summed E-state index contributed by atoms with van der Waals surface area (Å²) in [5.74, 6) is 0. The number of rotatable bonds is 3. The van der Waals surface area contributed by atoms with Gasteiger partial charge in [0.05, 0.1) is 7.11 Å². The van der Waals surface area contributed by atoms with Crippen molar-refractivity contribution in [3.05, 3.63) is 18.0 Å². The first kappa shape index (κ1) is 8.46. The molecule has 0 N–H and O–H groups in total. The van der Waals surface area contributed by atoms with Gasteiger partial charge < -0.3 is 4.74 Å². The SMILES string of the molecule is COc1ncc(CCBr)cn1. The molecule has 11 heavy (non-hydrogen) atoms. The molecule has 1 aromatic heterocycles. The summed E-state index contributed by atoms with van der Waals surface area (Å²) in [6.45, 7) is 0. The summed E-state index contributed by atoms with van der Waals surface area (Å²) >= 11 is 3.33. The fourth-order valence-electron chi connectivity index (χ4n) is 0.687. The largest absolute Gasteiger partial charge is 0.467 e. The Balaban J connectivity index is 2.66. The van der Waals surface area contributed by atoms with Gasteiger partial charge in [-0.05, 0) is 12.0 Å². The van der Waals surface area contributed by atoms with Crippen molar-refractivity contribution in [3.8, 4) is 6.01 Å². The lowest BCUT2D eigenvalue weighted by Gasteiger charge is -1.97. The summed E-state index contributed by atoms with van der Waals surface area (Å²) in [4.78, 5) is 7.92. The van der Waals surface area contributed by atoms with Crippen LogP contribution in [-0.4, -0.2) is 22.4 Å². The highest BCUT2D eigenvalue weighted by Crippen LogP contribution is 2.03. The van der Waals surface area contributed by atoms with Crippen LogP contribution in [0.4, 0.5) is 0 Å². The van der Waals surface area contributed by atoms with E-state index in [1.165, 1.54) is 0 Å². The van der Waals surface area contributed by atoms with Crippen molar-refractivity contribution in [2.45, 2.75) is 6.42 Å². The third-order valence-electron chi connectivity index (χ3n) is 1.25. The van der Waals surface area contributed by atoms with E-state index >= 15 is 0 Å². The van der Waals surface area contributed by atoms with E-state index in [1.54, 1.807) is 19.5 Å². The highest BCUT2D eigenvalue weighted by molar-refractivity contribution is 9.09. The number of hydrogen-bond donors (Lipinski definition) is 0. The van der Waals surface area contributed by atoms with Gasteiger partial charge in [-0.2, -0.15) is 0 Å². The van der Waals surface area contributed by atoms with Crippen molar-refractivity contribution in [1.82, 2.24) is 9.97 Å². The van der Waals surface area contributed by atoms with Crippen LogP contribution >= 0.6 is 15.9 Å². The van der Waals surface area contributed by atoms with Crippen LogP contribution in [0.5, 0.6) is 6.01 Å². The molecule has 1 rings (SSSR count). The van der Waals surface area contributed by atoms with Crippen LogP contribution in [-0.2, 0) is 6.42 Å². The molecule has 0 atom stereocenters. The van der Waals surface area contributed by atoms with Crippen LogP contribution in [0.3, 0.4) is 0 Å². The van der Waals surface area contributed by atoms with Gasteiger partial charge in [0, 0.05) is 17.7 Å². The second-order valence-electron chi connectivity index (χ2n) is 2.02. The predicted octanol–water partition coefficient (Wildman–Crippen LogP) is 1.42. The molecule has 1 aromatic rings. The molecule has 0 radical (unpaired) electrons. The second kappa shape index (κ2) is 4.28. The first-order valence-corrected chi connectivity index (χ1v) is 4.40. The van der Waals surface area contributed by atoms with Gasteiger partial charge in [0.15, 0.2) is 0 Å². The smallest absolute Gasteiger partial charge is 0.316 e. The molecule has 4 heteroatoms. The van der Waals surface area contributed by atoms with Gasteiger partial charge in [-0.15, -0.1) is 0 Å². The van der Waals surface area contributed by atoms with Crippen molar-refractivity contribution in [2.75, 3.05) is 12.4 Å². The lowest BCUT2D eigenvalue weighted by Crippen LogP contribution is -1.94. The van der Waals surface area contributed by atoms with Crippen molar-refractivity contribution < 1.29 is 4.74 Å². The summed E-state index contributed by atoms with van der Waals surface area (Å²) in [6.07, 6.45) is 4.49. The van der Waals surface area contributed by atoms with Crippen molar-refractivity contribution in [2.24, 2.45) is 0 Å². The number of halogens is 1. The highest BCUT2D eigenvalue weighted by Gasteiger charge is 1.94. The maximum atomic E-state index is 4.81. The number of ether oxygens (including phenoxy) is 1. The molecule has 60 valence electrons. The van der Waals surface area contributed by atoms with E-state index < -0.39 is 0 Å². The normalized spacial score (nSPS) is 9.64. The van der Waals surface area contributed by atoms with Crippen LogP contribution < -0.4 is 4.74 Å². The Morgan fingerprint density at radius 1 is 1.45 bits per heavy atom. The average Bonchev–Trinajstić information content (AvgIpc) is 2.07. The van der Waals surface area contributed by atoms with Crippen molar-refractivity contribution >= 4 is 15.9 Å². The fourth-order valence-corrected chi connectivity index (χ4v) is 1.14. The third-order valence-corrected chi connectivity index (χ3v) is 1.64. The zero-order chi connectivity index (χ0) is 8.10. The Bertz CT molecular complexity index is 212. The molecule has 0 saturated carbocycles. The van der Waals surface area contributed by atoms with Gasteiger partial charge in [-0.1, -0.05) is 15.9 Å². The molecule has 0 spiro atoms. The molecule has 0 aliphatic rings. The topological polar surface area (TPSA) is 35.0 Å². The summed E-state index contributed by atoms with van der Waals surface area (Å²) in [5, 5.41) is 0.933. The minimum atomic E-state index is 0.420. The van der Waals surface area contributed by atoms with Crippen molar-refractivity contribution in [3.63, 3.8) is 0 Å². The number of aryl methyl sites for hydroxylation is 1. The maximum absolute atomic E-state index is 4.81. The molecule has 0 bridgehead atoms. The van der Waals surface area contributed by atoms with E-state index in [0.717, 1.165) is 17.3 Å². The first-order chi connectivity index (χ1) is 5.36. The average molecular weight is 217 g/mol. The van der Waals surface area contributed by atoms with Crippen LogP contribution in [0.15, 0.2) is 12.4 Å². The van der Waals surface area contributed by atoms with E-state index in [1.807, 2.05) is 0 Å². The number of methoxy groups -OCH3 is 1. The maximum Gasteiger partial charge on any atom is 0.316 e. The molecule has 0 amide bonds. The summed E-state index contributed by atoms with van der Waals surface area (Å²) < 4.78 is 4.81. The van der Waals surface area contributed by atoms with E-state index in [2.05, 4.69) is 25.9 Å². The number of alkyl halides is 1. The third kappa shape index (κ3) is 2.46. The Kier molecular flexibility index (Phi) is 3.29. The zero-order valence-electron chi connectivity index (χ0n) is 6.25. The molecular weight excluding hydrogens is 208 g/mol. The number of aromatic nitrogens is 2. The standard InChI is InChI=1S/C7H9BrN2O/c1-11-7-9-4-6(2-3-8)5-10-7/h4-5H,2-3H2,1H3. The van der Waals surface area contributed by atoms with Gasteiger partial charge in [0.2, 0.25) is 0 Å². The zero-order valence-corrected chi connectivity index (χ0v) is 7.84. The Morgan fingerprint density at radius 2 is 2.09 bits per heavy atom. The van der Waals surface area contributed by atoms with Gasteiger partial charge in [0.25, 0.3) is 0 Å². The van der Waals surface area contributed by atoms with Gasteiger partial charge in [-0.3, -0.25) is 0 Å². The quantitative estimate of drug-likeness (QED) is 0.718. The van der Waals surface area contributed by atoms with Crippen LogP contribution in [0.1, 0.15) is 5.56 Å². The van der Waals surface area contributed by atoms with E-state index in [-0.39, 0.29) is 0 Å². The molecule has 3 nitrogen and oxygen atoms in total. The molecule has 0 unspecified atom stereocenters. The van der Waals surface area contributed by atoms with E-state index in [9.17, 15) is 0 Å². The summed E-state index contributed by atoms with van der Waals surface area (Å²) in [5.41, 5.74) is 1.11. The minimum absolute atomic E-state index is 0.420. The van der Waals surface area contributed by atoms with E-state index in [0.29, 0.717) is 6.01 Å². The van der Waals surface area contributed by atoms with Gasteiger partial charge >= 0.3 is 6.01 Å². The van der Waals surface area contributed by atoms with Gasteiger partial charge in [-0.25, -0.2) is 9.97 Å². The second-order valence-corrected chi connectivity index (χ2v) is 2.81. The Labute approximate surface area is 73.9 Å². The lowest BCUT2D eigenvalue weighted by atomic mass is 10.3. The fraction of sp³-hybridized carbons (Fsp3) is 0.429. The van der Waals surface area contributed by atoms with Gasteiger partial charge in [0.1, 0.15) is 0 Å². The molecular formula is C7H9BrN2O. The van der Waals surface area contributed by atoms with E-state index in [4.69, 9.17) is 4.74 Å². The number of nitrogens with zero attached hydrogens (tertiary/aromatic N) is 2. The van der Waals surface area contributed by atoms with Crippen LogP contribution in [0.25, 0.3) is 0 Å². The Morgan fingerprint density at radius 3 is 2.55 bits per heavy atom. The molecule has 0 aliphatic heterocycles. The molecule has 0 saturated heterocycles. The summed E-state index contributed by atoms with van der Waals surface area (Å²) in [7, 11) is 1.56. The highest BCUT2D eigenvalue weighted by atomic mass is 79.9. The molecule has 0 fully saturated rings. The lowest BCUT2D eigenvalue weighted by molar-refractivity contribution is 0.379. The molecule has 0 aliphatic carbocycles. The first-order valence-electron chi connectivity index (χ1n) is 3.27. The van der Waals surface area contributed by atoms with Crippen LogP contribution in [0, 0.1) is 0 Å². The van der Waals surface area contributed by atoms with Crippen LogP contribution in [0.2, 0.25) is 0 Å². The monoisotopic (exact) mass is 216 g/mol. The minimum Gasteiger partial charge on any atom is -0.467 e. The molecule has 1 heterocycles. The summed E-state index contributed by atoms with van der Waals surface area (Å²) in [6, 6.07) is 0.420. The number of hydrogen-bond acceptors (Lipinski definition) is 3. The molecule has 0 aromatic carbocycles. The predicted molar refractivity (Wildman–Crippen MR) is 46.1 cm³/mol. The van der Waals surface area contributed by atoms with Crippen molar-refractivity contribution in [1.29, 1.82) is 0 Å².